The average molecular weight is 202 g/mol. The van der Waals surface area contributed by atoms with E-state index in [-0.39, 0.29) is 5.57 Å². The minimum absolute atomic E-state index is 0.265. The zero-order chi connectivity index (χ0) is 10.7. The maximum atomic E-state index is 10.8. The molecular formula is C11H10N2O2. The number of allylic oxidation sites excluding steroid dienone is 4. The zero-order valence-corrected chi connectivity index (χ0v) is 7.90. The van der Waals surface area contributed by atoms with Crippen LogP contribution < -0.4 is 10.6 Å². The Bertz CT molecular complexity index is 440. The number of carboxylic acids is 1. The SMILES string of the molecule is O=C(O)C1=C/C(=C2\C=CC=CN2)NC=C1. The average Bonchev–Trinajstić information content (AvgIpc) is 2.30. The Morgan fingerprint density at radius 3 is 2.53 bits per heavy atom. The molecule has 15 heavy (non-hydrogen) atoms. The Morgan fingerprint density at radius 2 is 1.87 bits per heavy atom. The topological polar surface area (TPSA) is 61.4 Å². The van der Waals surface area contributed by atoms with E-state index in [1.54, 1.807) is 18.5 Å². The predicted octanol–water partition coefficient (Wildman–Crippen LogP) is 0.999. The normalized spacial score (nSPS) is 23.1. The monoisotopic (exact) mass is 202 g/mol. The number of aliphatic carboxylic acids is 1. The molecule has 0 aliphatic carbocycles. The van der Waals surface area contributed by atoms with E-state index in [1.165, 1.54) is 6.08 Å². The molecule has 0 bridgehead atoms. The third-order valence-electron chi connectivity index (χ3n) is 2.05. The van der Waals surface area contributed by atoms with Crippen LogP contribution in [0, 0.1) is 0 Å². The van der Waals surface area contributed by atoms with E-state index in [9.17, 15) is 4.79 Å². The summed E-state index contributed by atoms with van der Waals surface area (Å²) >= 11 is 0. The minimum Gasteiger partial charge on any atom is -0.478 e. The van der Waals surface area contributed by atoms with Gasteiger partial charge in [0.2, 0.25) is 0 Å². The Hall–Kier alpha value is -2.23. The lowest BCUT2D eigenvalue weighted by Gasteiger charge is -2.14. The second-order valence-corrected chi connectivity index (χ2v) is 3.07. The maximum absolute atomic E-state index is 10.8. The number of nitrogens with one attached hydrogen (secondary N) is 2. The fraction of sp³-hybridized carbons (Fsp3) is 0. The van der Waals surface area contributed by atoms with Gasteiger partial charge in [0.1, 0.15) is 0 Å². The Kier molecular flexibility index (Phi) is 2.41. The summed E-state index contributed by atoms with van der Waals surface area (Å²) in [5.41, 5.74) is 1.86. The first-order valence-electron chi connectivity index (χ1n) is 4.49. The molecule has 76 valence electrons. The first kappa shape index (κ1) is 9.33. The number of carbonyl (C=O) groups is 1. The summed E-state index contributed by atoms with van der Waals surface area (Å²) in [7, 11) is 0. The number of dihydropyridines is 2. The highest BCUT2D eigenvalue weighted by molar-refractivity contribution is 5.90. The molecule has 0 aromatic carbocycles. The smallest absolute Gasteiger partial charge is 0.335 e. The van der Waals surface area contributed by atoms with Crippen LogP contribution >= 0.6 is 0 Å². The van der Waals surface area contributed by atoms with Crippen molar-refractivity contribution in [2.24, 2.45) is 0 Å². The Labute approximate surface area is 87.0 Å². The summed E-state index contributed by atoms with van der Waals surface area (Å²) in [6, 6.07) is 0. The molecule has 0 atom stereocenters. The van der Waals surface area contributed by atoms with E-state index in [4.69, 9.17) is 5.11 Å². The molecule has 0 saturated carbocycles. The molecule has 3 N–H and O–H groups in total. The molecule has 2 aliphatic heterocycles. The number of hydrogen-bond donors (Lipinski definition) is 3. The van der Waals surface area contributed by atoms with Gasteiger partial charge in [0.15, 0.2) is 0 Å². The Morgan fingerprint density at radius 1 is 1.07 bits per heavy atom. The van der Waals surface area contributed by atoms with Gasteiger partial charge in [-0.2, -0.15) is 0 Å². The van der Waals surface area contributed by atoms with Crippen LogP contribution in [-0.2, 0) is 4.79 Å². The third kappa shape index (κ3) is 1.99. The van der Waals surface area contributed by atoms with Crippen LogP contribution in [0.1, 0.15) is 0 Å². The molecule has 0 radical (unpaired) electrons. The van der Waals surface area contributed by atoms with E-state index in [1.807, 2.05) is 18.2 Å². The summed E-state index contributed by atoms with van der Waals surface area (Å²) in [6.45, 7) is 0. The van der Waals surface area contributed by atoms with Gasteiger partial charge in [0, 0.05) is 12.4 Å². The molecule has 0 amide bonds. The van der Waals surface area contributed by atoms with Crippen molar-refractivity contribution in [3.63, 3.8) is 0 Å². The van der Waals surface area contributed by atoms with Gasteiger partial charge in [-0.3, -0.25) is 0 Å². The zero-order valence-electron chi connectivity index (χ0n) is 7.90. The molecule has 2 rings (SSSR count). The van der Waals surface area contributed by atoms with E-state index in [0.29, 0.717) is 0 Å². The molecule has 0 aromatic heterocycles. The van der Waals surface area contributed by atoms with Crippen molar-refractivity contribution in [1.82, 2.24) is 10.6 Å². The van der Waals surface area contributed by atoms with E-state index in [0.717, 1.165) is 11.4 Å². The van der Waals surface area contributed by atoms with Crippen LogP contribution in [0.25, 0.3) is 0 Å². The highest BCUT2D eigenvalue weighted by Crippen LogP contribution is 2.12. The highest BCUT2D eigenvalue weighted by Gasteiger charge is 2.10. The third-order valence-corrected chi connectivity index (χ3v) is 2.05. The first-order chi connectivity index (χ1) is 7.27. The van der Waals surface area contributed by atoms with Crippen molar-refractivity contribution < 1.29 is 9.90 Å². The predicted molar refractivity (Wildman–Crippen MR) is 56.4 cm³/mol. The largest absolute Gasteiger partial charge is 0.478 e. The molecule has 4 heteroatoms. The van der Waals surface area contributed by atoms with Crippen molar-refractivity contribution in [3.05, 3.63) is 59.7 Å². The van der Waals surface area contributed by atoms with E-state index in [2.05, 4.69) is 10.6 Å². The van der Waals surface area contributed by atoms with Crippen molar-refractivity contribution in [2.75, 3.05) is 0 Å². The molecule has 0 aromatic rings. The van der Waals surface area contributed by atoms with Gasteiger partial charge < -0.3 is 15.7 Å². The van der Waals surface area contributed by atoms with Gasteiger partial charge in [-0.25, -0.2) is 4.79 Å². The lowest BCUT2D eigenvalue weighted by atomic mass is 10.1. The molecule has 0 spiro atoms. The van der Waals surface area contributed by atoms with Gasteiger partial charge in [-0.1, -0.05) is 6.08 Å². The van der Waals surface area contributed by atoms with Crippen LogP contribution in [-0.4, -0.2) is 11.1 Å². The molecule has 2 heterocycles. The lowest BCUT2D eigenvalue weighted by molar-refractivity contribution is -0.132. The number of hydrogen-bond acceptors (Lipinski definition) is 3. The van der Waals surface area contributed by atoms with Crippen LogP contribution in [0.3, 0.4) is 0 Å². The lowest BCUT2D eigenvalue weighted by Crippen LogP contribution is -2.18. The maximum Gasteiger partial charge on any atom is 0.335 e. The van der Waals surface area contributed by atoms with Crippen molar-refractivity contribution in [1.29, 1.82) is 0 Å². The molecule has 0 unspecified atom stereocenters. The van der Waals surface area contributed by atoms with Crippen LogP contribution in [0.4, 0.5) is 0 Å². The highest BCUT2D eigenvalue weighted by atomic mass is 16.4. The van der Waals surface area contributed by atoms with Gasteiger partial charge in [-0.05, 0) is 24.3 Å². The summed E-state index contributed by atoms with van der Waals surface area (Å²) < 4.78 is 0. The van der Waals surface area contributed by atoms with E-state index < -0.39 is 5.97 Å². The summed E-state index contributed by atoms with van der Waals surface area (Å²) in [4.78, 5) is 10.8. The molecule has 2 aliphatic rings. The summed E-state index contributed by atoms with van der Waals surface area (Å²) in [5, 5.41) is 14.8. The summed E-state index contributed by atoms with van der Waals surface area (Å²) in [6.07, 6.45) is 12.1. The van der Waals surface area contributed by atoms with Crippen LogP contribution in [0.15, 0.2) is 59.7 Å². The quantitative estimate of drug-likeness (QED) is 0.593. The fourth-order valence-electron chi connectivity index (χ4n) is 1.32. The van der Waals surface area contributed by atoms with Crippen molar-refractivity contribution >= 4 is 5.97 Å². The second kappa shape index (κ2) is 3.88. The minimum atomic E-state index is -0.929. The molecule has 0 saturated heterocycles. The van der Waals surface area contributed by atoms with Gasteiger partial charge in [0.25, 0.3) is 0 Å². The second-order valence-electron chi connectivity index (χ2n) is 3.07. The molecular weight excluding hydrogens is 192 g/mol. The molecule has 4 nitrogen and oxygen atoms in total. The number of rotatable bonds is 1. The van der Waals surface area contributed by atoms with Crippen LogP contribution in [0.2, 0.25) is 0 Å². The van der Waals surface area contributed by atoms with Gasteiger partial charge in [0.05, 0.1) is 17.0 Å². The number of carboxylic acid groups (broad SMARTS) is 1. The van der Waals surface area contributed by atoms with Crippen molar-refractivity contribution in [2.45, 2.75) is 0 Å². The fourth-order valence-corrected chi connectivity index (χ4v) is 1.32. The van der Waals surface area contributed by atoms with Gasteiger partial charge >= 0.3 is 5.97 Å². The van der Waals surface area contributed by atoms with Crippen LogP contribution in [0.5, 0.6) is 0 Å². The van der Waals surface area contributed by atoms with E-state index >= 15 is 0 Å². The first-order valence-corrected chi connectivity index (χ1v) is 4.49. The standard InChI is InChI=1S/C11H10N2O2/c14-11(15)8-4-6-13-10(7-8)9-3-1-2-5-12-9/h1-7,12-13H,(H,14,15)/b10-9-. The van der Waals surface area contributed by atoms with Crippen molar-refractivity contribution in [3.8, 4) is 0 Å². The summed E-state index contributed by atoms with van der Waals surface area (Å²) in [5.74, 6) is -0.929. The Balaban J connectivity index is 2.32. The van der Waals surface area contributed by atoms with Gasteiger partial charge in [-0.15, -0.1) is 0 Å². The molecule has 0 fully saturated rings.